The number of methoxy groups -OCH3 is 2. The van der Waals surface area contributed by atoms with Gasteiger partial charge in [0.25, 0.3) is 5.91 Å². The Morgan fingerprint density at radius 1 is 0.930 bits per heavy atom. The maximum absolute atomic E-state index is 13.4. The molecule has 0 saturated carbocycles. The summed E-state index contributed by atoms with van der Waals surface area (Å²) in [5.74, 6) is -0.274. The van der Waals surface area contributed by atoms with Gasteiger partial charge in [0.2, 0.25) is 0 Å². The summed E-state index contributed by atoms with van der Waals surface area (Å²) in [5.41, 5.74) is 2.79. The van der Waals surface area contributed by atoms with Crippen LogP contribution in [0.2, 0.25) is 5.02 Å². The Labute approximate surface area is 256 Å². The monoisotopic (exact) mass is 603 g/mol. The number of nitrogens with one attached hydrogen (secondary N) is 1. The zero-order valence-corrected chi connectivity index (χ0v) is 25.2. The second-order valence-electron chi connectivity index (χ2n) is 9.94. The molecule has 0 aliphatic rings. The van der Waals surface area contributed by atoms with Crippen LogP contribution in [0.15, 0.2) is 78.9 Å². The van der Waals surface area contributed by atoms with Crippen molar-refractivity contribution < 1.29 is 28.9 Å². The zero-order chi connectivity index (χ0) is 30.9. The van der Waals surface area contributed by atoms with Crippen molar-refractivity contribution in [1.82, 2.24) is 15.2 Å². The molecule has 0 fully saturated rings. The molecule has 1 amide bonds. The van der Waals surface area contributed by atoms with Gasteiger partial charge in [0.15, 0.2) is 6.04 Å². The van der Waals surface area contributed by atoms with E-state index in [4.69, 9.17) is 30.8 Å². The minimum Gasteiger partial charge on any atom is -0.496 e. The molecule has 10 heteroatoms. The number of nitrogens with zero attached hydrogens (tertiary/aromatic N) is 2. The number of carbonyl (C=O) groups excluding carboxylic acids is 1. The van der Waals surface area contributed by atoms with E-state index in [1.165, 1.54) is 0 Å². The molecule has 2 N–H and O–H groups in total. The average Bonchev–Trinajstić information content (AvgIpc) is 3.02. The number of carbonyl (C=O) groups is 2. The zero-order valence-electron chi connectivity index (χ0n) is 24.5. The SMILES string of the molecule is COc1cccc(OC)c1-c1ccc(C(=O)NC(C(=O)O)c2ccccc2)nc1-c1ccc(Cl)c(OCCCN(C)C)c1. The molecule has 4 rings (SSSR count). The first kappa shape index (κ1) is 31.3. The van der Waals surface area contributed by atoms with E-state index in [1.54, 1.807) is 87.0 Å². The van der Waals surface area contributed by atoms with E-state index in [-0.39, 0.29) is 5.69 Å². The molecule has 1 unspecified atom stereocenters. The molecule has 0 bridgehead atoms. The van der Waals surface area contributed by atoms with Gasteiger partial charge in [0, 0.05) is 17.7 Å². The van der Waals surface area contributed by atoms with Gasteiger partial charge in [-0.2, -0.15) is 0 Å². The molecule has 1 aromatic heterocycles. The van der Waals surface area contributed by atoms with Gasteiger partial charge in [0.05, 0.1) is 37.1 Å². The Balaban J connectivity index is 1.80. The Bertz CT molecular complexity index is 1560. The predicted octanol–water partition coefficient (Wildman–Crippen LogP) is 5.97. The first-order valence-corrected chi connectivity index (χ1v) is 14.0. The van der Waals surface area contributed by atoms with E-state index in [0.717, 1.165) is 13.0 Å². The first-order valence-electron chi connectivity index (χ1n) is 13.6. The van der Waals surface area contributed by atoms with Crippen LogP contribution < -0.4 is 19.5 Å². The second-order valence-corrected chi connectivity index (χ2v) is 10.3. The van der Waals surface area contributed by atoms with Gasteiger partial charge in [-0.15, -0.1) is 0 Å². The largest absolute Gasteiger partial charge is 0.496 e. The maximum atomic E-state index is 13.4. The summed E-state index contributed by atoms with van der Waals surface area (Å²) in [7, 11) is 7.11. The van der Waals surface area contributed by atoms with E-state index >= 15 is 0 Å². The number of hydrogen-bond donors (Lipinski definition) is 2. The number of aromatic nitrogens is 1. The summed E-state index contributed by atoms with van der Waals surface area (Å²) in [6, 6.07) is 21.2. The molecular formula is C33H34ClN3O6. The van der Waals surface area contributed by atoms with Crippen LogP contribution in [-0.4, -0.2) is 68.3 Å². The number of ether oxygens (including phenoxy) is 3. The van der Waals surface area contributed by atoms with Crippen molar-refractivity contribution in [3.63, 3.8) is 0 Å². The van der Waals surface area contributed by atoms with Crippen LogP contribution in [0, 0.1) is 0 Å². The molecule has 0 aliphatic heterocycles. The number of carboxylic acids is 1. The molecule has 1 heterocycles. The number of carboxylic acid groups (broad SMARTS) is 1. The van der Waals surface area contributed by atoms with Crippen LogP contribution in [0.25, 0.3) is 22.4 Å². The molecule has 0 aliphatic carbocycles. The molecule has 224 valence electrons. The lowest BCUT2D eigenvalue weighted by Crippen LogP contribution is -2.34. The third kappa shape index (κ3) is 7.63. The maximum Gasteiger partial charge on any atom is 0.330 e. The standard InChI is InChI=1S/C33H34ClN3O6/c1-37(2)18-9-19-43-28-20-22(14-16-24(28)34)30-23(29-26(41-3)12-8-13-27(29)42-4)15-17-25(35-30)32(38)36-31(33(39)40)21-10-6-5-7-11-21/h5-8,10-17,20,31H,9,18-19H2,1-4H3,(H,36,38)(H,39,40). The smallest absolute Gasteiger partial charge is 0.330 e. The van der Waals surface area contributed by atoms with E-state index in [9.17, 15) is 14.7 Å². The molecule has 43 heavy (non-hydrogen) atoms. The number of rotatable bonds is 13. The molecule has 0 radical (unpaired) electrons. The second kappa shape index (κ2) is 14.5. The Morgan fingerprint density at radius 2 is 1.63 bits per heavy atom. The predicted molar refractivity (Wildman–Crippen MR) is 166 cm³/mol. The van der Waals surface area contributed by atoms with Gasteiger partial charge in [-0.1, -0.05) is 54.1 Å². The number of halogens is 1. The molecule has 3 aromatic carbocycles. The lowest BCUT2D eigenvalue weighted by molar-refractivity contribution is -0.139. The Hall–Kier alpha value is -4.60. The lowest BCUT2D eigenvalue weighted by atomic mass is 9.96. The third-order valence-corrected chi connectivity index (χ3v) is 7.00. The van der Waals surface area contributed by atoms with Crippen molar-refractivity contribution in [3.05, 3.63) is 95.1 Å². The highest BCUT2D eigenvalue weighted by Gasteiger charge is 2.25. The van der Waals surface area contributed by atoms with Crippen LogP contribution in [-0.2, 0) is 4.79 Å². The normalized spacial score (nSPS) is 11.6. The quantitative estimate of drug-likeness (QED) is 0.180. The Kier molecular flexibility index (Phi) is 10.6. The van der Waals surface area contributed by atoms with Gasteiger partial charge in [0.1, 0.15) is 22.9 Å². The minimum absolute atomic E-state index is 0.0261. The third-order valence-electron chi connectivity index (χ3n) is 6.69. The van der Waals surface area contributed by atoms with Crippen LogP contribution in [0.5, 0.6) is 17.2 Å². The van der Waals surface area contributed by atoms with Gasteiger partial charge in [-0.3, -0.25) is 4.79 Å². The van der Waals surface area contributed by atoms with Gasteiger partial charge in [-0.05, 0) is 62.5 Å². The Morgan fingerprint density at radius 3 is 2.26 bits per heavy atom. The molecule has 0 spiro atoms. The summed E-state index contributed by atoms with van der Waals surface area (Å²) in [5, 5.41) is 12.9. The number of hydrogen-bond acceptors (Lipinski definition) is 7. The van der Waals surface area contributed by atoms with Crippen molar-refractivity contribution in [2.24, 2.45) is 0 Å². The fraction of sp³-hybridized carbons (Fsp3) is 0.242. The molecular weight excluding hydrogens is 570 g/mol. The highest BCUT2D eigenvalue weighted by atomic mass is 35.5. The fourth-order valence-electron chi connectivity index (χ4n) is 4.59. The van der Waals surface area contributed by atoms with E-state index in [0.29, 0.717) is 56.8 Å². The number of aliphatic carboxylic acids is 1. The van der Waals surface area contributed by atoms with E-state index < -0.39 is 17.9 Å². The highest BCUT2D eigenvalue weighted by molar-refractivity contribution is 6.32. The van der Waals surface area contributed by atoms with Crippen LogP contribution in [0.4, 0.5) is 0 Å². The van der Waals surface area contributed by atoms with E-state index in [2.05, 4.69) is 10.2 Å². The summed E-state index contributed by atoms with van der Waals surface area (Å²) in [6.45, 7) is 1.31. The highest BCUT2D eigenvalue weighted by Crippen LogP contribution is 2.43. The summed E-state index contributed by atoms with van der Waals surface area (Å²) >= 11 is 6.49. The molecule has 1 atom stereocenters. The van der Waals surface area contributed by atoms with Gasteiger partial charge >= 0.3 is 5.97 Å². The van der Waals surface area contributed by atoms with Gasteiger partial charge < -0.3 is 29.5 Å². The average molecular weight is 604 g/mol. The van der Waals surface area contributed by atoms with Crippen LogP contribution in [0.3, 0.4) is 0 Å². The van der Waals surface area contributed by atoms with Crippen molar-refractivity contribution in [2.75, 3.05) is 41.5 Å². The van der Waals surface area contributed by atoms with Crippen molar-refractivity contribution in [3.8, 4) is 39.6 Å². The van der Waals surface area contributed by atoms with Crippen molar-refractivity contribution >= 4 is 23.5 Å². The number of benzene rings is 3. The lowest BCUT2D eigenvalue weighted by Gasteiger charge is -2.19. The van der Waals surface area contributed by atoms with E-state index in [1.807, 2.05) is 20.2 Å². The first-order chi connectivity index (χ1) is 20.7. The van der Waals surface area contributed by atoms with Crippen molar-refractivity contribution in [2.45, 2.75) is 12.5 Å². The molecule has 9 nitrogen and oxygen atoms in total. The fourth-order valence-corrected chi connectivity index (χ4v) is 4.76. The number of amides is 1. The van der Waals surface area contributed by atoms with Crippen LogP contribution in [0.1, 0.15) is 28.5 Å². The topological polar surface area (TPSA) is 110 Å². The summed E-state index contributed by atoms with van der Waals surface area (Å²) in [4.78, 5) is 32.3. The molecule has 0 saturated heterocycles. The number of pyridine rings is 1. The van der Waals surface area contributed by atoms with Crippen LogP contribution >= 0.6 is 11.6 Å². The van der Waals surface area contributed by atoms with Crippen molar-refractivity contribution in [1.29, 1.82) is 0 Å². The summed E-state index contributed by atoms with van der Waals surface area (Å²) < 4.78 is 17.3. The van der Waals surface area contributed by atoms with Gasteiger partial charge in [-0.25, -0.2) is 9.78 Å². The molecule has 4 aromatic rings. The minimum atomic E-state index is -1.26. The summed E-state index contributed by atoms with van der Waals surface area (Å²) in [6.07, 6.45) is 0.803.